The largest absolute Gasteiger partial charge is 0.456 e. The van der Waals surface area contributed by atoms with Gasteiger partial charge in [-0.2, -0.15) is 0 Å². The summed E-state index contributed by atoms with van der Waals surface area (Å²) >= 11 is 0. The summed E-state index contributed by atoms with van der Waals surface area (Å²) in [5, 5.41) is 8.31. The highest BCUT2D eigenvalue weighted by molar-refractivity contribution is 5.96. The maximum Gasteiger partial charge on any atom is 0.319 e. The van der Waals surface area contributed by atoms with Crippen LogP contribution in [0.5, 0.6) is 0 Å². The van der Waals surface area contributed by atoms with Crippen LogP contribution in [-0.4, -0.2) is 72.5 Å². The molecule has 2 heterocycles. The third-order valence-corrected chi connectivity index (χ3v) is 7.56. The van der Waals surface area contributed by atoms with Crippen LogP contribution in [0.3, 0.4) is 0 Å². The van der Waals surface area contributed by atoms with Crippen LogP contribution in [0.25, 0.3) is 0 Å². The molecule has 2 aliphatic carbocycles. The van der Waals surface area contributed by atoms with Crippen LogP contribution < -0.4 is 16.0 Å². The molecule has 1 saturated heterocycles. The molecule has 37 heavy (non-hydrogen) atoms. The summed E-state index contributed by atoms with van der Waals surface area (Å²) in [6.45, 7) is 3.24. The molecule has 2 aromatic rings. The fraction of sp³-hybridized carbons (Fsp3) is 0.519. The van der Waals surface area contributed by atoms with Gasteiger partial charge in [-0.3, -0.25) is 14.5 Å². The summed E-state index contributed by atoms with van der Waals surface area (Å²) in [7, 11) is 0. The second-order valence-corrected chi connectivity index (χ2v) is 10.2. The number of rotatable bonds is 8. The molecule has 3 aliphatic rings. The summed E-state index contributed by atoms with van der Waals surface area (Å²) in [4.78, 5) is 41.1. The molecule has 1 aromatic heterocycles. The summed E-state index contributed by atoms with van der Waals surface area (Å²) in [5.74, 6) is 0.109. The van der Waals surface area contributed by atoms with Gasteiger partial charge in [0.25, 0.3) is 11.8 Å². The van der Waals surface area contributed by atoms with E-state index >= 15 is 0 Å². The highest BCUT2D eigenvalue weighted by Gasteiger charge is 2.25. The van der Waals surface area contributed by atoms with Crippen LogP contribution >= 0.6 is 0 Å². The van der Waals surface area contributed by atoms with E-state index in [2.05, 4.69) is 20.9 Å². The second-order valence-electron chi connectivity index (χ2n) is 10.2. The number of hydrogen-bond acceptors (Lipinski definition) is 5. The van der Waals surface area contributed by atoms with E-state index in [1.807, 2.05) is 6.07 Å². The SMILES string of the molecule is O=C(Nc1ccc(C(=O)N2CCN(CCc3ccc(C(=O)NC4CCC4)o3)CC2)cc1F)NC1CCC1. The van der Waals surface area contributed by atoms with Crippen LogP contribution in [0.1, 0.15) is 65.2 Å². The van der Waals surface area contributed by atoms with Crippen molar-refractivity contribution in [1.82, 2.24) is 20.4 Å². The second kappa shape index (κ2) is 11.3. The van der Waals surface area contributed by atoms with Gasteiger partial charge >= 0.3 is 6.03 Å². The number of furan rings is 1. The summed E-state index contributed by atoms with van der Waals surface area (Å²) in [6.07, 6.45) is 6.88. The Labute approximate surface area is 215 Å². The van der Waals surface area contributed by atoms with E-state index in [-0.39, 0.29) is 35.1 Å². The van der Waals surface area contributed by atoms with Crippen LogP contribution in [0.15, 0.2) is 34.7 Å². The van der Waals surface area contributed by atoms with E-state index in [4.69, 9.17) is 4.42 Å². The minimum atomic E-state index is -0.632. The number of carbonyl (C=O) groups excluding carboxylic acids is 3. The van der Waals surface area contributed by atoms with Crippen molar-refractivity contribution in [2.75, 3.05) is 38.0 Å². The standard InChI is InChI=1S/C27H34FN5O4/c28-22-17-18(7-9-23(22)31-27(36)30-20-5-2-6-20)26(35)33-15-13-32(14-16-33)12-11-21-8-10-24(37-21)25(34)29-19-3-1-4-19/h7-10,17,19-20H,1-6,11-16H2,(H,29,34)(H2,30,31,36). The zero-order chi connectivity index (χ0) is 25.8. The predicted molar refractivity (Wildman–Crippen MR) is 136 cm³/mol. The summed E-state index contributed by atoms with van der Waals surface area (Å²) in [5.41, 5.74) is 0.319. The molecule has 0 unspecified atom stereocenters. The Hall–Kier alpha value is -3.40. The first-order valence-corrected chi connectivity index (χ1v) is 13.2. The van der Waals surface area contributed by atoms with Gasteiger partial charge in [-0.05, 0) is 68.9 Å². The molecule has 0 spiro atoms. The first kappa shape index (κ1) is 25.3. The van der Waals surface area contributed by atoms with E-state index in [1.165, 1.54) is 12.1 Å². The Morgan fingerprint density at radius 3 is 2.27 bits per heavy atom. The number of anilines is 1. The van der Waals surface area contributed by atoms with Gasteiger partial charge in [0, 0.05) is 56.8 Å². The Bertz CT molecular complexity index is 1140. The lowest BCUT2D eigenvalue weighted by Crippen LogP contribution is -2.49. The van der Waals surface area contributed by atoms with Crippen LogP contribution in [0.4, 0.5) is 14.9 Å². The normalized spacial score (nSPS) is 18.6. The maximum atomic E-state index is 14.6. The van der Waals surface area contributed by atoms with Gasteiger partial charge in [-0.15, -0.1) is 0 Å². The molecule has 4 amide bonds. The average molecular weight is 512 g/mol. The number of carbonyl (C=O) groups is 3. The first-order chi connectivity index (χ1) is 17.9. The number of amides is 4. The number of benzene rings is 1. The third kappa shape index (κ3) is 6.30. The van der Waals surface area contributed by atoms with Crippen LogP contribution in [0, 0.1) is 5.82 Å². The molecule has 10 heteroatoms. The quantitative estimate of drug-likeness (QED) is 0.504. The Kier molecular flexibility index (Phi) is 7.73. The predicted octanol–water partition coefficient (Wildman–Crippen LogP) is 3.38. The van der Waals surface area contributed by atoms with Gasteiger partial charge in [0.1, 0.15) is 11.6 Å². The van der Waals surface area contributed by atoms with Crippen molar-refractivity contribution in [1.29, 1.82) is 0 Å². The van der Waals surface area contributed by atoms with E-state index in [1.54, 1.807) is 17.0 Å². The lowest BCUT2D eigenvalue weighted by atomic mass is 9.93. The number of piperazine rings is 1. The molecule has 198 valence electrons. The van der Waals surface area contributed by atoms with E-state index in [0.29, 0.717) is 38.4 Å². The Morgan fingerprint density at radius 1 is 0.919 bits per heavy atom. The van der Waals surface area contributed by atoms with E-state index in [0.717, 1.165) is 50.8 Å². The molecule has 3 N–H and O–H groups in total. The monoisotopic (exact) mass is 511 g/mol. The average Bonchev–Trinajstić information content (AvgIpc) is 3.33. The zero-order valence-corrected chi connectivity index (χ0v) is 20.9. The molecule has 0 atom stereocenters. The van der Waals surface area contributed by atoms with Gasteiger partial charge in [0.05, 0.1) is 5.69 Å². The molecule has 2 saturated carbocycles. The fourth-order valence-electron chi connectivity index (χ4n) is 4.71. The number of nitrogens with zero attached hydrogens (tertiary/aromatic N) is 2. The number of halogens is 1. The van der Waals surface area contributed by atoms with Gasteiger partial charge in [0.15, 0.2) is 5.76 Å². The highest BCUT2D eigenvalue weighted by atomic mass is 19.1. The van der Waals surface area contributed by atoms with E-state index < -0.39 is 11.8 Å². The summed E-state index contributed by atoms with van der Waals surface area (Å²) in [6, 6.07) is 7.73. The van der Waals surface area contributed by atoms with Crippen molar-refractivity contribution >= 4 is 23.5 Å². The maximum absolute atomic E-state index is 14.6. The van der Waals surface area contributed by atoms with Gasteiger partial charge in [0.2, 0.25) is 0 Å². The molecule has 5 rings (SSSR count). The molecule has 0 radical (unpaired) electrons. The van der Waals surface area contributed by atoms with Crippen molar-refractivity contribution < 1.29 is 23.2 Å². The van der Waals surface area contributed by atoms with Gasteiger partial charge in [-0.25, -0.2) is 9.18 Å². The topological polar surface area (TPSA) is 107 Å². The first-order valence-electron chi connectivity index (χ1n) is 13.2. The van der Waals surface area contributed by atoms with Crippen molar-refractivity contribution in [2.45, 2.75) is 57.0 Å². The molecule has 0 bridgehead atoms. The number of hydrogen-bond donors (Lipinski definition) is 3. The molecular weight excluding hydrogens is 477 g/mol. The highest BCUT2D eigenvalue weighted by Crippen LogP contribution is 2.21. The molecular formula is C27H34FN5O4. The van der Waals surface area contributed by atoms with Crippen molar-refractivity contribution in [2.24, 2.45) is 0 Å². The fourth-order valence-corrected chi connectivity index (χ4v) is 4.71. The van der Waals surface area contributed by atoms with Crippen LogP contribution in [-0.2, 0) is 6.42 Å². The Balaban J connectivity index is 1.05. The van der Waals surface area contributed by atoms with E-state index in [9.17, 15) is 18.8 Å². The summed E-state index contributed by atoms with van der Waals surface area (Å²) < 4.78 is 20.3. The number of urea groups is 1. The zero-order valence-electron chi connectivity index (χ0n) is 20.9. The van der Waals surface area contributed by atoms with Gasteiger partial charge in [-0.1, -0.05) is 0 Å². The molecule has 1 aromatic carbocycles. The van der Waals surface area contributed by atoms with Crippen LogP contribution in [0.2, 0.25) is 0 Å². The molecule has 3 fully saturated rings. The lowest BCUT2D eigenvalue weighted by Gasteiger charge is -2.34. The van der Waals surface area contributed by atoms with Crippen molar-refractivity contribution in [3.8, 4) is 0 Å². The minimum absolute atomic E-state index is 0.0554. The van der Waals surface area contributed by atoms with Gasteiger partial charge < -0.3 is 25.3 Å². The van der Waals surface area contributed by atoms with Crippen molar-refractivity contribution in [3.63, 3.8) is 0 Å². The number of nitrogens with one attached hydrogen (secondary N) is 3. The Morgan fingerprint density at radius 2 is 1.62 bits per heavy atom. The molecule has 9 nitrogen and oxygen atoms in total. The molecule has 1 aliphatic heterocycles. The van der Waals surface area contributed by atoms with Crippen molar-refractivity contribution in [3.05, 3.63) is 53.2 Å². The lowest BCUT2D eigenvalue weighted by molar-refractivity contribution is 0.0636. The third-order valence-electron chi connectivity index (χ3n) is 7.56. The smallest absolute Gasteiger partial charge is 0.319 e. The minimum Gasteiger partial charge on any atom is -0.456 e.